The van der Waals surface area contributed by atoms with Crippen LogP contribution in [0, 0.1) is 10.1 Å². The smallest absolute Gasteiger partial charge is 0.287 e. The number of nitrogens with zero attached hydrogens (tertiary/aromatic N) is 4. The zero-order valence-corrected chi connectivity index (χ0v) is 14.3. The van der Waals surface area contributed by atoms with Crippen molar-refractivity contribution in [1.29, 1.82) is 0 Å². The summed E-state index contributed by atoms with van der Waals surface area (Å²) in [4.78, 5) is 18.8. The van der Waals surface area contributed by atoms with E-state index in [-0.39, 0.29) is 18.1 Å². The van der Waals surface area contributed by atoms with Gasteiger partial charge in [0.2, 0.25) is 0 Å². The Morgan fingerprint density at radius 1 is 1.25 bits per heavy atom. The number of hydroxylamine groups is 2. The highest BCUT2D eigenvalue weighted by atomic mass is 16.6. The number of fused-ring (bicyclic) bond motifs is 1. The molecule has 1 saturated carbocycles. The van der Waals surface area contributed by atoms with E-state index in [0.717, 1.165) is 17.9 Å². The fourth-order valence-corrected chi connectivity index (χ4v) is 2.85. The van der Waals surface area contributed by atoms with Crippen molar-refractivity contribution in [1.82, 2.24) is 5.06 Å². The summed E-state index contributed by atoms with van der Waals surface area (Å²) in [5.41, 5.74) is 1.07. The first kappa shape index (κ1) is 18.3. The molecule has 0 unspecified atom stereocenters. The number of hydrogen-bond acceptors (Lipinski definition) is 6. The minimum atomic E-state index is -0.472. The average Bonchev–Trinajstić information content (AvgIpc) is 2.99. The molecule has 1 N–H and O–H groups in total. The molecule has 2 aliphatic carbocycles. The second-order valence-electron chi connectivity index (χ2n) is 6.11. The summed E-state index contributed by atoms with van der Waals surface area (Å²) in [6.07, 6.45) is 13.7. The van der Waals surface area contributed by atoms with Crippen molar-refractivity contribution < 1.29 is 10.1 Å². The first-order chi connectivity index (χ1) is 11.6. The van der Waals surface area contributed by atoms with Crippen LogP contribution < -0.4 is 0 Å². The largest absolute Gasteiger partial charge is 0.296 e. The van der Waals surface area contributed by atoms with Crippen molar-refractivity contribution in [2.75, 3.05) is 13.2 Å². The SMILES string of the molecule is C1CCCCC1.CCCCN=C1C([N+](=O)[O-])=CC=C2C1=NCN2O. The third-order valence-corrected chi connectivity index (χ3v) is 4.23. The van der Waals surface area contributed by atoms with Gasteiger partial charge in [-0.3, -0.25) is 25.3 Å². The van der Waals surface area contributed by atoms with E-state index in [1.807, 2.05) is 6.92 Å². The molecule has 24 heavy (non-hydrogen) atoms. The molecule has 3 aliphatic rings. The topological polar surface area (TPSA) is 91.3 Å². The Morgan fingerprint density at radius 3 is 2.42 bits per heavy atom. The summed E-state index contributed by atoms with van der Waals surface area (Å²) in [6, 6.07) is 0. The molecule has 0 amide bonds. The molecule has 0 aromatic rings. The quantitative estimate of drug-likeness (QED) is 0.367. The summed E-state index contributed by atoms with van der Waals surface area (Å²) in [5.74, 6) is 0. The molecule has 0 spiro atoms. The maximum Gasteiger partial charge on any atom is 0.296 e. The van der Waals surface area contributed by atoms with Crippen molar-refractivity contribution in [3.63, 3.8) is 0 Å². The molecular formula is C17H26N4O3. The number of hydrogen-bond donors (Lipinski definition) is 1. The number of aliphatic imine (C=N–C) groups is 2. The average molecular weight is 334 g/mol. The van der Waals surface area contributed by atoms with E-state index >= 15 is 0 Å². The van der Waals surface area contributed by atoms with E-state index in [1.165, 1.54) is 50.7 Å². The Kier molecular flexibility index (Phi) is 7.11. The number of unbranched alkanes of at least 4 members (excludes halogenated alkanes) is 1. The van der Waals surface area contributed by atoms with Crippen LogP contribution in [-0.2, 0) is 0 Å². The standard InChI is InChI=1S/C11H14N4O3.C6H12/c1-2-3-6-12-11-9(15(17)18)5-4-8-10(11)13-7-14(8)16;1-2-4-6-5-3-1/h4-5,16H,2-3,6-7H2,1H3;1-6H2. The van der Waals surface area contributed by atoms with Crippen LogP contribution in [0.2, 0.25) is 0 Å². The summed E-state index contributed by atoms with van der Waals surface area (Å²) in [7, 11) is 0. The number of allylic oxidation sites excluding steroid dienone is 4. The lowest BCUT2D eigenvalue weighted by Crippen LogP contribution is -2.28. The lowest BCUT2D eigenvalue weighted by Gasteiger charge is -2.14. The van der Waals surface area contributed by atoms with Gasteiger partial charge in [-0.15, -0.1) is 0 Å². The Bertz CT molecular complexity index is 563. The van der Waals surface area contributed by atoms with Crippen LogP contribution in [0.15, 0.2) is 33.5 Å². The van der Waals surface area contributed by atoms with Crippen molar-refractivity contribution in [3.8, 4) is 0 Å². The Balaban J connectivity index is 0.000000292. The van der Waals surface area contributed by atoms with E-state index in [2.05, 4.69) is 9.98 Å². The number of nitro groups is 1. The molecule has 7 heteroatoms. The van der Waals surface area contributed by atoms with Gasteiger partial charge in [-0.2, -0.15) is 0 Å². The van der Waals surface area contributed by atoms with Crippen molar-refractivity contribution >= 4 is 11.4 Å². The summed E-state index contributed by atoms with van der Waals surface area (Å²) < 4.78 is 0. The van der Waals surface area contributed by atoms with Crippen LogP contribution in [0.4, 0.5) is 0 Å². The molecule has 0 bridgehead atoms. The Hall–Kier alpha value is -2.02. The molecule has 7 nitrogen and oxygen atoms in total. The normalized spacial score (nSPS) is 21.3. The summed E-state index contributed by atoms with van der Waals surface area (Å²) in [5, 5.41) is 21.5. The lowest BCUT2D eigenvalue weighted by atomic mass is 10.0. The molecule has 0 aromatic carbocycles. The maximum atomic E-state index is 11.0. The zero-order chi connectivity index (χ0) is 17.4. The van der Waals surface area contributed by atoms with Crippen molar-refractivity contribution in [3.05, 3.63) is 33.7 Å². The third kappa shape index (κ3) is 4.74. The van der Waals surface area contributed by atoms with Crippen LogP contribution >= 0.6 is 0 Å². The van der Waals surface area contributed by atoms with Crippen molar-refractivity contribution in [2.24, 2.45) is 9.98 Å². The third-order valence-electron chi connectivity index (χ3n) is 4.23. The minimum Gasteiger partial charge on any atom is -0.287 e. The van der Waals surface area contributed by atoms with Gasteiger partial charge in [-0.1, -0.05) is 51.9 Å². The fraction of sp³-hybridized carbons (Fsp3) is 0.647. The lowest BCUT2D eigenvalue weighted by molar-refractivity contribution is -0.414. The molecule has 1 heterocycles. The molecule has 132 valence electrons. The maximum absolute atomic E-state index is 11.0. The Morgan fingerprint density at radius 2 is 1.88 bits per heavy atom. The summed E-state index contributed by atoms with van der Waals surface area (Å²) in [6.45, 7) is 2.64. The molecule has 1 fully saturated rings. The molecule has 3 rings (SSSR count). The van der Waals surface area contributed by atoms with Gasteiger partial charge in [-0.05, 0) is 12.5 Å². The van der Waals surface area contributed by atoms with Crippen LogP contribution in [0.1, 0.15) is 58.3 Å². The minimum absolute atomic E-state index is 0.0658. The van der Waals surface area contributed by atoms with Gasteiger partial charge in [0.25, 0.3) is 5.70 Å². The van der Waals surface area contributed by atoms with Crippen molar-refractivity contribution in [2.45, 2.75) is 58.3 Å². The van der Waals surface area contributed by atoms with Gasteiger partial charge in [0, 0.05) is 12.6 Å². The predicted molar refractivity (Wildman–Crippen MR) is 94.0 cm³/mol. The number of rotatable bonds is 4. The highest BCUT2D eigenvalue weighted by Crippen LogP contribution is 2.22. The molecule has 0 atom stereocenters. The van der Waals surface area contributed by atoms with Gasteiger partial charge in [0.05, 0.1) is 10.6 Å². The molecule has 0 radical (unpaired) electrons. The highest BCUT2D eigenvalue weighted by Gasteiger charge is 2.34. The van der Waals surface area contributed by atoms with Crippen LogP contribution in [0.5, 0.6) is 0 Å². The molecule has 0 saturated heterocycles. The van der Waals surface area contributed by atoms with Gasteiger partial charge in [-0.25, -0.2) is 5.06 Å². The predicted octanol–water partition coefficient (Wildman–Crippen LogP) is 3.73. The van der Waals surface area contributed by atoms with Crippen LogP contribution in [0.3, 0.4) is 0 Å². The first-order valence-corrected chi connectivity index (χ1v) is 8.78. The van der Waals surface area contributed by atoms with Gasteiger partial charge >= 0.3 is 0 Å². The zero-order valence-electron chi connectivity index (χ0n) is 14.3. The molecule has 0 aromatic heterocycles. The molecular weight excluding hydrogens is 308 g/mol. The molecule has 1 aliphatic heterocycles. The van der Waals surface area contributed by atoms with E-state index in [0.29, 0.717) is 18.0 Å². The second kappa shape index (κ2) is 9.32. The fourth-order valence-electron chi connectivity index (χ4n) is 2.85. The van der Waals surface area contributed by atoms with E-state index in [4.69, 9.17) is 0 Å². The first-order valence-electron chi connectivity index (χ1n) is 8.78. The van der Waals surface area contributed by atoms with Gasteiger partial charge in [0.15, 0.2) is 5.71 Å². The highest BCUT2D eigenvalue weighted by molar-refractivity contribution is 6.54. The van der Waals surface area contributed by atoms with Gasteiger partial charge in [0.1, 0.15) is 12.4 Å². The van der Waals surface area contributed by atoms with Crippen LogP contribution in [0.25, 0.3) is 0 Å². The monoisotopic (exact) mass is 334 g/mol. The van der Waals surface area contributed by atoms with E-state index < -0.39 is 4.92 Å². The summed E-state index contributed by atoms with van der Waals surface area (Å²) >= 11 is 0. The van der Waals surface area contributed by atoms with Crippen LogP contribution in [-0.4, -0.2) is 39.8 Å². The van der Waals surface area contributed by atoms with E-state index in [1.54, 1.807) is 0 Å². The second-order valence-corrected chi connectivity index (χ2v) is 6.11. The Labute approximate surface area is 142 Å². The van der Waals surface area contributed by atoms with Gasteiger partial charge < -0.3 is 0 Å². The van der Waals surface area contributed by atoms with E-state index in [9.17, 15) is 15.3 Å².